The maximum atomic E-state index is 11.5. The smallest absolute Gasteiger partial charge is 0.229 e. The van der Waals surface area contributed by atoms with Crippen molar-refractivity contribution in [1.29, 1.82) is 0 Å². The molecule has 1 N–H and O–H groups in total. The Morgan fingerprint density at radius 1 is 1.31 bits per heavy atom. The van der Waals surface area contributed by atoms with Crippen LogP contribution >= 0.6 is 11.3 Å². The van der Waals surface area contributed by atoms with Crippen molar-refractivity contribution in [3.05, 3.63) is 39.4 Å². The number of hydrogen-bond donors (Lipinski definition) is 1. The zero-order chi connectivity index (χ0) is 9.42. The lowest BCUT2D eigenvalue weighted by Crippen LogP contribution is -2.00. The van der Waals surface area contributed by atoms with Crippen molar-refractivity contribution >= 4 is 21.4 Å². The lowest BCUT2D eigenvalue weighted by atomic mass is 10.2. The molecule has 3 heteroatoms. The molecular formula is C10H8O2S. The van der Waals surface area contributed by atoms with E-state index in [4.69, 9.17) is 0 Å². The molecule has 66 valence electrons. The van der Waals surface area contributed by atoms with E-state index in [0.717, 1.165) is 4.70 Å². The Morgan fingerprint density at radius 3 is 2.77 bits per heavy atom. The fourth-order valence-electron chi connectivity index (χ4n) is 1.24. The van der Waals surface area contributed by atoms with Crippen molar-refractivity contribution < 1.29 is 5.11 Å². The first-order chi connectivity index (χ1) is 6.20. The zero-order valence-corrected chi connectivity index (χ0v) is 7.89. The quantitative estimate of drug-likeness (QED) is 0.695. The van der Waals surface area contributed by atoms with E-state index < -0.39 is 0 Å². The van der Waals surface area contributed by atoms with Crippen molar-refractivity contribution in [1.82, 2.24) is 0 Å². The Morgan fingerprint density at radius 2 is 2.00 bits per heavy atom. The molecule has 2 aromatic rings. The summed E-state index contributed by atoms with van der Waals surface area (Å²) in [5.41, 5.74) is -0.271. The van der Waals surface area contributed by atoms with E-state index in [1.807, 2.05) is 12.1 Å². The van der Waals surface area contributed by atoms with Gasteiger partial charge in [-0.3, -0.25) is 4.79 Å². The summed E-state index contributed by atoms with van der Waals surface area (Å²) in [5.74, 6) is -0.122. The SMILES string of the molecule is Cc1sc2ccccc2c(=O)c1O. The molecule has 13 heavy (non-hydrogen) atoms. The van der Waals surface area contributed by atoms with Crippen molar-refractivity contribution in [2.75, 3.05) is 0 Å². The maximum Gasteiger partial charge on any atom is 0.229 e. The molecule has 1 aromatic heterocycles. The highest BCUT2D eigenvalue weighted by Crippen LogP contribution is 2.24. The van der Waals surface area contributed by atoms with E-state index in [1.165, 1.54) is 11.3 Å². The second-order valence-electron chi connectivity index (χ2n) is 2.83. The standard InChI is InChI=1S/C10H8O2S/c1-6-9(11)10(12)7-4-2-3-5-8(7)13-6/h2-5,11H,1H3. The fraction of sp³-hybridized carbons (Fsp3) is 0.100. The summed E-state index contributed by atoms with van der Waals surface area (Å²) in [4.78, 5) is 12.2. The number of hydrogen-bond acceptors (Lipinski definition) is 3. The molecule has 2 nitrogen and oxygen atoms in total. The molecule has 0 aliphatic heterocycles. The summed E-state index contributed by atoms with van der Waals surface area (Å²) in [6.07, 6.45) is 0. The van der Waals surface area contributed by atoms with Gasteiger partial charge in [-0.1, -0.05) is 12.1 Å². The van der Waals surface area contributed by atoms with E-state index in [-0.39, 0.29) is 11.2 Å². The Balaban J connectivity index is 3.03. The van der Waals surface area contributed by atoms with Crippen LogP contribution in [0.25, 0.3) is 10.1 Å². The van der Waals surface area contributed by atoms with Crippen LogP contribution < -0.4 is 5.43 Å². The van der Waals surface area contributed by atoms with Gasteiger partial charge in [-0.15, -0.1) is 11.3 Å². The molecule has 0 saturated carbocycles. The van der Waals surface area contributed by atoms with Gasteiger partial charge in [0.05, 0.1) is 0 Å². The van der Waals surface area contributed by atoms with Crippen molar-refractivity contribution in [3.63, 3.8) is 0 Å². The largest absolute Gasteiger partial charge is 0.503 e. The monoisotopic (exact) mass is 192 g/mol. The van der Waals surface area contributed by atoms with Gasteiger partial charge in [0, 0.05) is 15.0 Å². The molecule has 0 aliphatic rings. The average Bonchev–Trinajstić information content (AvgIpc) is 2.15. The summed E-state index contributed by atoms with van der Waals surface area (Å²) in [6, 6.07) is 7.29. The molecule has 0 aliphatic carbocycles. The molecular weight excluding hydrogens is 184 g/mol. The van der Waals surface area contributed by atoms with Crippen LogP contribution in [0.1, 0.15) is 4.88 Å². The lowest BCUT2D eigenvalue weighted by molar-refractivity contribution is 0.469. The molecule has 0 amide bonds. The van der Waals surface area contributed by atoms with Crippen LogP contribution in [0, 0.1) is 6.92 Å². The van der Waals surface area contributed by atoms with Gasteiger partial charge in [-0.2, -0.15) is 0 Å². The second kappa shape index (κ2) is 2.85. The highest BCUT2D eigenvalue weighted by Gasteiger charge is 2.06. The van der Waals surface area contributed by atoms with Gasteiger partial charge in [-0.25, -0.2) is 0 Å². The minimum absolute atomic E-state index is 0.122. The van der Waals surface area contributed by atoms with Crippen LogP contribution in [0.4, 0.5) is 0 Å². The van der Waals surface area contributed by atoms with E-state index in [0.29, 0.717) is 10.3 Å². The molecule has 0 fully saturated rings. The lowest BCUT2D eigenvalue weighted by Gasteiger charge is -1.99. The van der Waals surface area contributed by atoms with Gasteiger partial charge in [0.1, 0.15) is 0 Å². The normalized spacial score (nSPS) is 10.5. The molecule has 0 unspecified atom stereocenters. The van der Waals surface area contributed by atoms with Crippen LogP contribution in [0.2, 0.25) is 0 Å². The molecule has 0 bridgehead atoms. The minimum Gasteiger partial charge on any atom is -0.503 e. The summed E-state index contributed by atoms with van der Waals surface area (Å²) < 4.78 is 0.919. The Bertz CT molecular complexity index is 514. The highest BCUT2D eigenvalue weighted by atomic mass is 32.1. The zero-order valence-electron chi connectivity index (χ0n) is 7.07. The first-order valence-corrected chi connectivity index (χ1v) is 4.73. The van der Waals surface area contributed by atoms with Gasteiger partial charge in [-0.05, 0) is 19.1 Å². The molecule has 0 atom stereocenters. The van der Waals surface area contributed by atoms with E-state index in [1.54, 1.807) is 19.1 Å². The van der Waals surface area contributed by atoms with Gasteiger partial charge >= 0.3 is 0 Å². The number of fused-ring (bicyclic) bond motifs is 1. The predicted octanol–water partition coefficient (Wildman–Crippen LogP) is 2.28. The van der Waals surface area contributed by atoms with Crippen LogP contribution in [-0.4, -0.2) is 5.11 Å². The Hall–Kier alpha value is -1.35. The first-order valence-electron chi connectivity index (χ1n) is 3.91. The van der Waals surface area contributed by atoms with Crippen molar-refractivity contribution in [2.24, 2.45) is 0 Å². The number of rotatable bonds is 0. The predicted molar refractivity (Wildman–Crippen MR) is 54.5 cm³/mol. The molecule has 1 heterocycles. The van der Waals surface area contributed by atoms with Crippen molar-refractivity contribution in [2.45, 2.75) is 6.92 Å². The van der Waals surface area contributed by atoms with E-state index >= 15 is 0 Å². The Labute approximate surface area is 79.1 Å². The highest BCUT2D eigenvalue weighted by molar-refractivity contribution is 7.18. The summed E-state index contributed by atoms with van der Waals surface area (Å²) in [5, 5.41) is 10.00. The fourth-order valence-corrected chi connectivity index (χ4v) is 2.18. The topological polar surface area (TPSA) is 37.3 Å². The molecule has 0 spiro atoms. The maximum absolute atomic E-state index is 11.5. The van der Waals surface area contributed by atoms with E-state index in [2.05, 4.69) is 0 Å². The summed E-state index contributed by atoms with van der Waals surface area (Å²) >= 11 is 1.43. The second-order valence-corrected chi connectivity index (χ2v) is 4.09. The Kier molecular flexibility index (Phi) is 1.81. The van der Waals surface area contributed by atoms with E-state index in [9.17, 15) is 9.90 Å². The molecule has 0 radical (unpaired) electrons. The van der Waals surface area contributed by atoms with Crippen LogP contribution in [0.3, 0.4) is 0 Å². The van der Waals surface area contributed by atoms with Gasteiger partial charge < -0.3 is 5.11 Å². The number of aromatic hydroxyl groups is 1. The molecule has 2 rings (SSSR count). The van der Waals surface area contributed by atoms with Gasteiger partial charge in [0.25, 0.3) is 0 Å². The van der Waals surface area contributed by atoms with Gasteiger partial charge in [0.2, 0.25) is 5.43 Å². The third-order valence-electron chi connectivity index (χ3n) is 1.94. The van der Waals surface area contributed by atoms with Gasteiger partial charge in [0.15, 0.2) is 5.75 Å². The minimum atomic E-state index is -0.271. The average molecular weight is 192 g/mol. The van der Waals surface area contributed by atoms with Crippen molar-refractivity contribution in [3.8, 4) is 5.75 Å². The van der Waals surface area contributed by atoms with Crippen LogP contribution in [0.15, 0.2) is 29.1 Å². The summed E-state index contributed by atoms with van der Waals surface area (Å²) in [6.45, 7) is 1.74. The molecule has 0 saturated heterocycles. The summed E-state index contributed by atoms with van der Waals surface area (Å²) in [7, 11) is 0. The third-order valence-corrected chi connectivity index (χ3v) is 3.02. The third kappa shape index (κ3) is 1.21. The van der Waals surface area contributed by atoms with Crippen LogP contribution in [0.5, 0.6) is 5.75 Å². The first kappa shape index (κ1) is 8.26. The molecule has 1 aromatic carbocycles. The number of aryl methyl sites for hydroxylation is 1. The number of benzene rings is 1. The van der Waals surface area contributed by atoms with Crippen LogP contribution in [-0.2, 0) is 0 Å².